The molecule has 0 saturated heterocycles. The first-order valence-corrected chi connectivity index (χ1v) is 12.1. The second-order valence-corrected chi connectivity index (χ2v) is 8.97. The van der Waals surface area contributed by atoms with E-state index >= 15 is 0 Å². The highest BCUT2D eigenvalue weighted by atomic mass is 16.5. The van der Waals surface area contributed by atoms with Crippen LogP contribution in [0.15, 0.2) is 95.6 Å². The van der Waals surface area contributed by atoms with Crippen molar-refractivity contribution in [3.8, 4) is 17.0 Å². The number of carbonyl (C=O) groups excluding carboxylic acids is 2. The number of rotatable bonds is 7. The number of carbonyl (C=O) groups is 2. The molecule has 0 fully saturated rings. The summed E-state index contributed by atoms with van der Waals surface area (Å²) in [6.07, 6.45) is 1.56. The Balaban J connectivity index is 1.46. The SMILES string of the molecule is COc1cccc(-c2[nH]c3ccccc3c2C2c3ccccc3C(=O)N2CC(=O)NCc2ccco2)c1. The molecule has 5 aromatic rings. The molecule has 0 bridgehead atoms. The number of fused-ring (bicyclic) bond motifs is 2. The molecule has 2 amide bonds. The number of aromatic amines is 1. The molecule has 184 valence electrons. The molecule has 0 aliphatic carbocycles. The smallest absolute Gasteiger partial charge is 0.255 e. The van der Waals surface area contributed by atoms with Crippen molar-refractivity contribution in [2.24, 2.45) is 0 Å². The van der Waals surface area contributed by atoms with E-state index in [0.717, 1.165) is 39.0 Å². The van der Waals surface area contributed by atoms with E-state index in [1.807, 2.05) is 72.8 Å². The maximum Gasteiger partial charge on any atom is 0.255 e. The minimum atomic E-state index is -0.449. The monoisotopic (exact) mass is 491 g/mol. The summed E-state index contributed by atoms with van der Waals surface area (Å²) in [6.45, 7) is 0.170. The molecular formula is C30H25N3O4. The molecule has 0 radical (unpaired) electrons. The lowest BCUT2D eigenvalue weighted by Crippen LogP contribution is -2.39. The first-order valence-electron chi connectivity index (χ1n) is 12.1. The summed E-state index contributed by atoms with van der Waals surface area (Å²) in [5.74, 6) is 0.956. The van der Waals surface area contributed by atoms with Crippen molar-refractivity contribution in [1.29, 1.82) is 0 Å². The van der Waals surface area contributed by atoms with E-state index in [-0.39, 0.29) is 24.9 Å². The van der Waals surface area contributed by atoms with Crippen LogP contribution >= 0.6 is 0 Å². The number of nitrogens with zero attached hydrogens (tertiary/aromatic N) is 1. The van der Waals surface area contributed by atoms with Gasteiger partial charge in [0.05, 0.1) is 31.7 Å². The Labute approximate surface area is 213 Å². The van der Waals surface area contributed by atoms with E-state index < -0.39 is 6.04 Å². The van der Waals surface area contributed by atoms with E-state index in [2.05, 4.69) is 10.3 Å². The average Bonchev–Trinajstić information content (AvgIpc) is 3.65. The molecule has 1 atom stereocenters. The van der Waals surface area contributed by atoms with E-state index in [1.54, 1.807) is 30.4 Å². The lowest BCUT2D eigenvalue weighted by molar-refractivity contribution is -0.122. The highest BCUT2D eigenvalue weighted by Crippen LogP contribution is 2.45. The van der Waals surface area contributed by atoms with Gasteiger partial charge < -0.3 is 24.4 Å². The van der Waals surface area contributed by atoms with Crippen molar-refractivity contribution in [3.05, 3.63) is 114 Å². The number of nitrogens with one attached hydrogen (secondary N) is 2. The molecule has 3 heterocycles. The standard InChI is InChI=1S/C30H25N3O4/c1-36-20-9-6-8-19(16-20)28-27(24-13-4-5-14-25(24)32-28)29-22-11-2-3-12-23(22)30(35)33(29)18-26(34)31-17-21-10-7-15-37-21/h2-16,29,32H,17-18H2,1H3,(H,31,34). The fraction of sp³-hybridized carbons (Fsp3) is 0.133. The molecule has 0 spiro atoms. The Morgan fingerprint density at radius 3 is 2.70 bits per heavy atom. The van der Waals surface area contributed by atoms with Crippen molar-refractivity contribution in [1.82, 2.24) is 15.2 Å². The Morgan fingerprint density at radius 1 is 1.03 bits per heavy atom. The molecule has 2 N–H and O–H groups in total. The lowest BCUT2D eigenvalue weighted by atomic mass is 9.93. The van der Waals surface area contributed by atoms with Gasteiger partial charge in [-0.25, -0.2) is 0 Å². The molecule has 1 unspecified atom stereocenters. The third kappa shape index (κ3) is 4.04. The number of furan rings is 1. The van der Waals surface area contributed by atoms with Crippen LogP contribution in [0.3, 0.4) is 0 Å². The number of amides is 2. The van der Waals surface area contributed by atoms with Gasteiger partial charge in [-0.1, -0.05) is 48.5 Å². The Bertz CT molecular complexity index is 1600. The van der Waals surface area contributed by atoms with Crippen LogP contribution in [0.4, 0.5) is 0 Å². The summed E-state index contributed by atoms with van der Waals surface area (Å²) >= 11 is 0. The van der Waals surface area contributed by atoms with Crippen molar-refractivity contribution in [2.45, 2.75) is 12.6 Å². The zero-order chi connectivity index (χ0) is 25.4. The second kappa shape index (κ2) is 9.35. The third-order valence-corrected chi connectivity index (χ3v) is 6.79. The maximum atomic E-state index is 13.7. The van der Waals surface area contributed by atoms with Crippen LogP contribution in [-0.4, -0.2) is 35.4 Å². The van der Waals surface area contributed by atoms with Gasteiger partial charge >= 0.3 is 0 Å². The largest absolute Gasteiger partial charge is 0.497 e. The minimum absolute atomic E-state index is 0.0874. The number of benzene rings is 3. The zero-order valence-corrected chi connectivity index (χ0v) is 20.2. The first-order chi connectivity index (χ1) is 18.1. The van der Waals surface area contributed by atoms with E-state index in [4.69, 9.17) is 9.15 Å². The summed E-state index contributed by atoms with van der Waals surface area (Å²) in [5, 5.41) is 3.87. The molecule has 1 aliphatic heterocycles. The van der Waals surface area contributed by atoms with Gasteiger partial charge in [0.25, 0.3) is 5.91 Å². The Morgan fingerprint density at radius 2 is 1.86 bits per heavy atom. The highest BCUT2D eigenvalue weighted by molar-refractivity contribution is 6.03. The third-order valence-electron chi connectivity index (χ3n) is 6.79. The topological polar surface area (TPSA) is 87.6 Å². The fourth-order valence-corrected chi connectivity index (χ4v) is 5.11. The van der Waals surface area contributed by atoms with Crippen molar-refractivity contribution >= 4 is 22.7 Å². The van der Waals surface area contributed by atoms with Crippen LogP contribution in [0.5, 0.6) is 5.75 Å². The van der Waals surface area contributed by atoms with Crippen molar-refractivity contribution in [2.75, 3.05) is 13.7 Å². The number of para-hydroxylation sites is 1. The minimum Gasteiger partial charge on any atom is -0.497 e. The molecular weight excluding hydrogens is 466 g/mol. The quantitative estimate of drug-likeness (QED) is 0.324. The van der Waals surface area contributed by atoms with Gasteiger partial charge in [0, 0.05) is 27.6 Å². The normalized spacial score (nSPS) is 14.7. The van der Waals surface area contributed by atoms with E-state index in [1.165, 1.54) is 0 Å². The van der Waals surface area contributed by atoms with Gasteiger partial charge in [-0.2, -0.15) is 0 Å². The number of hydrogen-bond donors (Lipinski definition) is 2. The molecule has 7 heteroatoms. The van der Waals surface area contributed by atoms with E-state index in [0.29, 0.717) is 11.3 Å². The average molecular weight is 492 g/mol. The highest BCUT2D eigenvalue weighted by Gasteiger charge is 2.41. The first kappa shape index (κ1) is 22.7. The summed E-state index contributed by atoms with van der Waals surface area (Å²) in [6, 6.07) is 26.6. The Hall–Kier alpha value is -4.78. The van der Waals surface area contributed by atoms with Crippen LogP contribution in [-0.2, 0) is 11.3 Å². The molecule has 7 nitrogen and oxygen atoms in total. The number of ether oxygens (including phenoxy) is 1. The van der Waals surface area contributed by atoms with Crippen LogP contribution in [0.25, 0.3) is 22.2 Å². The van der Waals surface area contributed by atoms with Crippen LogP contribution < -0.4 is 10.1 Å². The number of methoxy groups -OCH3 is 1. The predicted molar refractivity (Wildman–Crippen MR) is 140 cm³/mol. The van der Waals surface area contributed by atoms with Gasteiger partial charge in [0.2, 0.25) is 5.91 Å². The van der Waals surface area contributed by atoms with Gasteiger partial charge in [0.15, 0.2) is 0 Å². The molecule has 37 heavy (non-hydrogen) atoms. The summed E-state index contributed by atoms with van der Waals surface area (Å²) in [4.78, 5) is 31.9. The number of hydrogen-bond acceptors (Lipinski definition) is 4. The zero-order valence-electron chi connectivity index (χ0n) is 20.2. The molecule has 6 rings (SSSR count). The maximum absolute atomic E-state index is 13.7. The van der Waals surface area contributed by atoms with Crippen LogP contribution in [0, 0.1) is 0 Å². The van der Waals surface area contributed by atoms with Crippen molar-refractivity contribution < 1.29 is 18.7 Å². The molecule has 3 aromatic carbocycles. The summed E-state index contributed by atoms with van der Waals surface area (Å²) < 4.78 is 10.8. The number of aromatic nitrogens is 1. The fourth-order valence-electron chi connectivity index (χ4n) is 5.11. The van der Waals surface area contributed by atoms with Gasteiger partial charge in [-0.05, 0) is 42.0 Å². The van der Waals surface area contributed by atoms with Crippen molar-refractivity contribution in [3.63, 3.8) is 0 Å². The second-order valence-electron chi connectivity index (χ2n) is 8.97. The van der Waals surface area contributed by atoms with Gasteiger partial charge in [-0.3, -0.25) is 9.59 Å². The predicted octanol–water partition coefficient (Wildman–Crippen LogP) is 5.30. The number of H-pyrrole nitrogens is 1. The molecule has 2 aromatic heterocycles. The van der Waals surface area contributed by atoms with Gasteiger partial charge in [-0.15, -0.1) is 0 Å². The molecule has 1 aliphatic rings. The van der Waals surface area contributed by atoms with E-state index in [9.17, 15) is 9.59 Å². The van der Waals surface area contributed by atoms with Crippen LogP contribution in [0.2, 0.25) is 0 Å². The summed E-state index contributed by atoms with van der Waals surface area (Å²) in [7, 11) is 1.64. The van der Waals surface area contributed by atoms with Gasteiger partial charge in [0.1, 0.15) is 18.1 Å². The van der Waals surface area contributed by atoms with Crippen LogP contribution in [0.1, 0.15) is 33.3 Å². The summed E-state index contributed by atoms with van der Waals surface area (Å²) in [5.41, 5.74) is 5.20. The molecule has 0 saturated carbocycles. The Kier molecular flexibility index (Phi) is 5.73. The lowest BCUT2D eigenvalue weighted by Gasteiger charge is -2.26.